The van der Waals surface area contributed by atoms with E-state index < -0.39 is 13.8 Å². The van der Waals surface area contributed by atoms with E-state index in [-0.39, 0.29) is 5.82 Å². The van der Waals surface area contributed by atoms with E-state index in [1.165, 1.54) is 18.3 Å². The third kappa shape index (κ3) is 3.47. The first-order valence-electron chi connectivity index (χ1n) is 5.19. The minimum atomic E-state index is -4.13. The summed E-state index contributed by atoms with van der Waals surface area (Å²) < 4.78 is 23.7. The lowest BCUT2D eigenvalue weighted by Gasteiger charge is -2.06. The molecule has 0 aliphatic heterocycles. The van der Waals surface area contributed by atoms with Gasteiger partial charge in [0.15, 0.2) is 0 Å². The number of hydrogen-bond donors (Lipinski definition) is 2. The molecule has 94 valence electrons. The van der Waals surface area contributed by atoms with Crippen LogP contribution in [-0.4, -0.2) is 14.8 Å². The van der Waals surface area contributed by atoms with Gasteiger partial charge in [0.25, 0.3) is 0 Å². The van der Waals surface area contributed by atoms with Crippen molar-refractivity contribution in [1.82, 2.24) is 4.98 Å². The van der Waals surface area contributed by atoms with Crippen molar-refractivity contribution in [2.75, 3.05) is 0 Å². The molecule has 2 rings (SSSR count). The summed E-state index contributed by atoms with van der Waals surface area (Å²) in [7, 11) is -4.13. The largest absolute Gasteiger partial charge is 0.331 e. The van der Waals surface area contributed by atoms with Crippen molar-refractivity contribution in [1.29, 1.82) is 0 Å². The van der Waals surface area contributed by atoms with Crippen LogP contribution < -0.4 is 0 Å². The first-order valence-corrected chi connectivity index (χ1v) is 6.99. The molecule has 0 unspecified atom stereocenters. The monoisotopic (exact) mass is 267 g/mol. The quantitative estimate of drug-likeness (QED) is 0.838. The average molecular weight is 267 g/mol. The number of hydrogen-bond acceptors (Lipinski definition) is 2. The fraction of sp³-hybridized carbons (Fsp3) is 0.0833. The van der Waals surface area contributed by atoms with E-state index in [4.69, 9.17) is 9.79 Å². The lowest BCUT2D eigenvalue weighted by Crippen LogP contribution is -1.92. The number of nitrogens with zero attached hydrogens (tertiary/aromatic N) is 1. The van der Waals surface area contributed by atoms with Gasteiger partial charge in [0.05, 0.1) is 11.9 Å². The summed E-state index contributed by atoms with van der Waals surface area (Å²) in [6, 6.07) is 9.16. The maximum absolute atomic E-state index is 12.8. The van der Waals surface area contributed by atoms with E-state index in [1.807, 2.05) is 0 Å². The summed E-state index contributed by atoms with van der Waals surface area (Å²) in [5.74, 6) is -0.330. The van der Waals surface area contributed by atoms with Crippen molar-refractivity contribution < 1.29 is 18.7 Å². The average Bonchev–Trinajstić information content (AvgIpc) is 2.28. The SMILES string of the molecule is O=P(O)(O)Cc1cc(-c2ccc(F)cc2)ccn1. The van der Waals surface area contributed by atoms with Crippen LogP contribution in [0, 0.1) is 5.82 Å². The molecule has 0 fully saturated rings. The summed E-state index contributed by atoms with van der Waals surface area (Å²) >= 11 is 0. The van der Waals surface area contributed by atoms with Crippen LogP contribution in [0.25, 0.3) is 11.1 Å². The van der Waals surface area contributed by atoms with Crippen LogP contribution in [0.3, 0.4) is 0 Å². The highest BCUT2D eigenvalue weighted by Gasteiger charge is 2.15. The van der Waals surface area contributed by atoms with Gasteiger partial charge in [-0.25, -0.2) is 4.39 Å². The molecule has 1 aromatic heterocycles. The number of aromatic nitrogens is 1. The molecule has 0 aliphatic rings. The Morgan fingerprint density at radius 3 is 2.39 bits per heavy atom. The molecule has 0 saturated heterocycles. The Hall–Kier alpha value is -1.55. The van der Waals surface area contributed by atoms with Crippen molar-refractivity contribution in [3.8, 4) is 11.1 Å². The highest BCUT2D eigenvalue weighted by atomic mass is 31.2. The Kier molecular flexibility index (Phi) is 3.57. The standard InChI is InChI=1S/C12H11FNO3P/c13-11-3-1-9(2-4-11)10-5-6-14-12(7-10)8-18(15,16)17/h1-7H,8H2,(H2,15,16,17). The van der Waals surface area contributed by atoms with E-state index >= 15 is 0 Å². The van der Waals surface area contributed by atoms with E-state index in [0.29, 0.717) is 5.69 Å². The van der Waals surface area contributed by atoms with Crippen molar-refractivity contribution in [3.63, 3.8) is 0 Å². The minimum absolute atomic E-state index is 0.310. The van der Waals surface area contributed by atoms with Crippen LogP contribution >= 0.6 is 7.60 Å². The molecule has 1 heterocycles. The normalized spacial score (nSPS) is 11.5. The van der Waals surface area contributed by atoms with Crippen LogP contribution in [0.4, 0.5) is 4.39 Å². The molecule has 18 heavy (non-hydrogen) atoms. The second-order valence-corrected chi connectivity index (χ2v) is 5.51. The van der Waals surface area contributed by atoms with Crippen molar-refractivity contribution >= 4 is 7.60 Å². The summed E-state index contributed by atoms with van der Waals surface area (Å²) in [5.41, 5.74) is 1.82. The summed E-state index contributed by atoms with van der Waals surface area (Å²) in [6.07, 6.45) is 1.08. The molecule has 0 radical (unpaired) electrons. The molecule has 0 spiro atoms. The lowest BCUT2D eigenvalue weighted by molar-refractivity contribution is 0.371. The fourth-order valence-electron chi connectivity index (χ4n) is 1.60. The molecule has 0 amide bonds. The highest BCUT2D eigenvalue weighted by Crippen LogP contribution is 2.38. The van der Waals surface area contributed by atoms with Gasteiger partial charge in [-0.1, -0.05) is 12.1 Å². The Balaban J connectivity index is 2.32. The van der Waals surface area contributed by atoms with Crippen molar-refractivity contribution in [2.45, 2.75) is 6.16 Å². The molecule has 0 saturated carbocycles. The molecule has 0 aliphatic carbocycles. The zero-order valence-electron chi connectivity index (χ0n) is 9.32. The first kappa shape index (κ1) is 12.9. The number of halogens is 1. The van der Waals surface area contributed by atoms with Gasteiger partial charge in [0, 0.05) is 6.20 Å². The molecule has 2 aromatic rings. The van der Waals surface area contributed by atoms with Gasteiger partial charge in [0.1, 0.15) is 5.82 Å². The maximum atomic E-state index is 12.8. The van der Waals surface area contributed by atoms with Crippen LogP contribution in [-0.2, 0) is 10.7 Å². The lowest BCUT2D eigenvalue weighted by atomic mass is 10.1. The van der Waals surface area contributed by atoms with Gasteiger partial charge in [-0.2, -0.15) is 0 Å². The van der Waals surface area contributed by atoms with Crippen LogP contribution in [0.2, 0.25) is 0 Å². The van der Waals surface area contributed by atoms with Gasteiger partial charge in [-0.3, -0.25) is 9.55 Å². The van der Waals surface area contributed by atoms with Crippen molar-refractivity contribution in [3.05, 3.63) is 54.1 Å². The molecule has 4 nitrogen and oxygen atoms in total. The first-order chi connectivity index (χ1) is 8.44. The Labute approximate surface area is 103 Å². The predicted octanol–water partition coefficient (Wildman–Crippen LogP) is 2.57. The van der Waals surface area contributed by atoms with E-state index in [9.17, 15) is 8.96 Å². The van der Waals surface area contributed by atoms with E-state index in [1.54, 1.807) is 24.3 Å². The third-order valence-electron chi connectivity index (χ3n) is 2.36. The zero-order valence-corrected chi connectivity index (χ0v) is 10.2. The maximum Gasteiger partial charge on any atom is 0.331 e. The molecule has 6 heteroatoms. The minimum Gasteiger partial charge on any atom is -0.324 e. The predicted molar refractivity (Wildman–Crippen MR) is 65.4 cm³/mol. The van der Waals surface area contributed by atoms with Gasteiger partial charge < -0.3 is 9.79 Å². The van der Waals surface area contributed by atoms with Gasteiger partial charge in [0.2, 0.25) is 0 Å². The van der Waals surface area contributed by atoms with E-state index in [0.717, 1.165) is 11.1 Å². The van der Waals surface area contributed by atoms with Gasteiger partial charge in [-0.05, 0) is 35.4 Å². The van der Waals surface area contributed by atoms with Crippen LogP contribution in [0.5, 0.6) is 0 Å². The molecule has 0 atom stereocenters. The molecule has 0 bridgehead atoms. The van der Waals surface area contributed by atoms with Gasteiger partial charge in [-0.15, -0.1) is 0 Å². The van der Waals surface area contributed by atoms with E-state index in [2.05, 4.69) is 4.98 Å². The number of rotatable bonds is 3. The highest BCUT2D eigenvalue weighted by molar-refractivity contribution is 7.50. The second-order valence-electron chi connectivity index (χ2n) is 3.87. The molecular formula is C12H11FNO3P. The smallest absolute Gasteiger partial charge is 0.324 e. The second kappa shape index (κ2) is 4.98. The van der Waals surface area contributed by atoms with Gasteiger partial charge >= 0.3 is 7.60 Å². The Morgan fingerprint density at radius 1 is 1.11 bits per heavy atom. The third-order valence-corrected chi connectivity index (χ3v) is 3.10. The Bertz CT molecular complexity index is 595. The molecular weight excluding hydrogens is 256 g/mol. The summed E-state index contributed by atoms with van der Waals surface area (Å²) in [5, 5.41) is 0. The number of pyridine rings is 1. The molecule has 2 N–H and O–H groups in total. The van der Waals surface area contributed by atoms with Crippen molar-refractivity contribution in [2.24, 2.45) is 0 Å². The zero-order chi connectivity index (χ0) is 13.2. The Morgan fingerprint density at radius 2 is 1.78 bits per heavy atom. The van der Waals surface area contributed by atoms with Crippen LogP contribution in [0.1, 0.15) is 5.69 Å². The fourth-order valence-corrected chi connectivity index (χ4v) is 2.19. The van der Waals surface area contributed by atoms with Crippen LogP contribution in [0.15, 0.2) is 42.6 Å². The number of benzene rings is 1. The summed E-state index contributed by atoms with van der Waals surface area (Å²) in [4.78, 5) is 21.7. The summed E-state index contributed by atoms with van der Waals surface area (Å²) in [6.45, 7) is 0. The molecule has 1 aromatic carbocycles. The topological polar surface area (TPSA) is 70.4 Å².